The average molecular weight is 479 g/mol. The van der Waals surface area contributed by atoms with E-state index in [0.29, 0.717) is 30.2 Å². The summed E-state index contributed by atoms with van der Waals surface area (Å²) in [6, 6.07) is 9.70. The highest BCUT2D eigenvalue weighted by atomic mass is 32.1. The molecule has 4 heterocycles. The summed E-state index contributed by atoms with van der Waals surface area (Å²) >= 11 is 1.57. The van der Waals surface area contributed by atoms with Crippen LogP contribution in [0.25, 0.3) is 10.9 Å². The molecule has 0 radical (unpaired) electrons. The van der Waals surface area contributed by atoms with E-state index in [2.05, 4.69) is 11.9 Å². The summed E-state index contributed by atoms with van der Waals surface area (Å²) < 4.78 is 5.50. The van der Waals surface area contributed by atoms with E-state index >= 15 is 0 Å². The van der Waals surface area contributed by atoms with Gasteiger partial charge in [0, 0.05) is 48.4 Å². The minimum atomic E-state index is -0.0726. The summed E-state index contributed by atoms with van der Waals surface area (Å²) in [5.74, 6) is 0.913. The maximum atomic E-state index is 13.2. The Morgan fingerprint density at radius 3 is 2.56 bits per heavy atom. The maximum Gasteiger partial charge on any atom is 0.273 e. The Morgan fingerprint density at radius 2 is 1.79 bits per heavy atom. The predicted molar refractivity (Wildman–Crippen MR) is 133 cm³/mol. The maximum absolute atomic E-state index is 13.2. The molecular formula is C26H30N4O3S. The van der Waals surface area contributed by atoms with Gasteiger partial charge in [-0.2, -0.15) is 0 Å². The van der Waals surface area contributed by atoms with E-state index < -0.39 is 0 Å². The third-order valence-corrected chi connectivity index (χ3v) is 8.06. The summed E-state index contributed by atoms with van der Waals surface area (Å²) in [4.78, 5) is 39.3. The van der Waals surface area contributed by atoms with Gasteiger partial charge in [-0.15, -0.1) is 11.3 Å². The topological polar surface area (TPSA) is 75.6 Å². The van der Waals surface area contributed by atoms with Crippen molar-refractivity contribution in [1.82, 2.24) is 19.8 Å². The Balaban J connectivity index is 1.24. The van der Waals surface area contributed by atoms with Crippen LogP contribution in [0.4, 0.5) is 0 Å². The van der Waals surface area contributed by atoms with Crippen LogP contribution >= 0.6 is 11.3 Å². The van der Waals surface area contributed by atoms with Crippen LogP contribution in [-0.4, -0.2) is 64.4 Å². The number of likely N-dealkylation sites (tertiary alicyclic amines) is 2. The van der Waals surface area contributed by atoms with Crippen LogP contribution in [0, 0.1) is 0 Å². The molecule has 2 aliphatic rings. The zero-order valence-electron chi connectivity index (χ0n) is 19.7. The molecule has 1 unspecified atom stereocenters. The van der Waals surface area contributed by atoms with Gasteiger partial charge in [0.25, 0.3) is 11.8 Å². The Labute approximate surface area is 203 Å². The quantitative estimate of drug-likeness (QED) is 0.542. The summed E-state index contributed by atoms with van der Waals surface area (Å²) in [7, 11) is 1.61. The van der Waals surface area contributed by atoms with Gasteiger partial charge in [-0.25, -0.2) is 9.97 Å². The Bertz CT molecular complexity index is 1200. The first-order valence-electron chi connectivity index (χ1n) is 12.0. The number of amides is 2. The lowest BCUT2D eigenvalue weighted by Gasteiger charge is -2.33. The number of hydrogen-bond donors (Lipinski definition) is 0. The lowest BCUT2D eigenvalue weighted by Crippen LogP contribution is -2.42. The van der Waals surface area contributed by atoms with E-state index in [9.17, 15) is 9.59 Å². The average Bonchev–Trinajstić information content (AvgIpc) is 3.38. The van der Waals surface area contributed by atoms with Gasteiger partial charge in [-0.3, -0.25) is 9.59 Å². The molecule has 0 aliphatic carbocycles. The molecule has 0 spiro atoms. The number of para-hydroxylation sites is 1. The van der Waals surface area contributed by atoms with Crippen LogP contribution in [-0.2, 0) is 0 Å². The van der Waals surface area contributed by atoms with Gasteiger partial charge in [0.1, 0.15) is 17.1 Å². The van der Waals surface area contributed by atoms with Gasteiger partial charge in [0.2, 0.25) is 0 Å². The van der Waals surface area contributed by atoms with E-state index in [-0.39, 0.29) is 23.8 Å². The van der Waals surface area contributed by atoms with Gasteiger partial charge in [-0.1, -0.05) is 12.1 Å². The SMILES string of the molecule is COc1cc(C(=O)N2CCC(c3nc(C(=O)N4CCCCC4C)cs3)CC2)nc2ccccc12. The number of nitrogens with zero attached hydrogens (tertiary/aromatic N) is 4. The predicted octanol–water partition coefficient (Wildman–Crippen LogP) is 4.73. The van der Waals surface area contributed by atoms with Crippen molar-refractivity contribution in [3.63, 3.8) is 0 Å². The van der Waals surface area contributed by atoms with Crippen molar-refractivity contribution in [3.8, 4) is 5.75 Å². The molecule has 2 aliphatic heterocycles. The lowest BCUT2D eigenvalue weighted by molar-refractivity contribution is 0.0630. The molecule has 0 saturated carbocycles. The Hall–Kier alpha value is -3.00. The molecule has 0 bridgehead atoms. The van der Waals surface area contributed by atoms with Crippen LogP contribution in [0.15, 0.2) is 35.7 Å². The number of rotatable bonds is 4. The van der Waals surface area contributed by atoms with Crippen LogP contribution in [0.2, 0.25) is 0 Å². The van der Waals surface area contributed by atoms with Crippen molar-refractivity contribution < 1.29 is 14.3 Å². The molecule has 1 atom stereocenters. The van der Waals surface area contributed by atoms with Crippen molar-refractivity contribution in [2.24, 2.45) is 0 Å². The first kappa shape index (κ1) is 22.8. The molecule has 8 heteroatoms. The van der Waals surface area contributed by atoms with Crippen LogP contribution in [0.3, 0.4) is 0 Å². The number of piperidine rings is 2. The molecule has 7 nitrogen and oxygen atoms in total. The highest BCUT2D eigenvalue weighted by Crippen LogP contribution is 2.32. The van der Waals surface area contributed by atoms with Gasteiger partial charge >= 0.3 is 0 Å². The fourth-order valence-electron chi connectivity index (χ4n) is 5.03. The Kier molecular flexibility index (Phi) is 6.50. The van der Waals surface area contributed by atoms with Gasteiger partial charge < -0.3 is 14.5 Å². The number of hydrogen-bond acceptors (Lipinski definition) is 6. The van der Waals surface area contributed by atoms with E-state index in [1.54, 1.807) is 24.5 Å². The fraction of sp³-hybridized carbons (Fsp3) is 0.462. The van der Waals surface area contributed by atoms with Crippen LogP contribution in [0.1, 0.15) is 70.9 Å². The summed E-state index contributed by atoms with van der Waals surface area (Å²) in [5, 5.41) is 3.81. The molecule has 3 aromatic rings. The zero-order valence-corrected chi connectivity index (χ0v) is 20.5. The normalized spacial score (nSPS) is 19.4. The second-order valence-corrected chi connectivity index (χ2v) is 10.1. The van der Waals surface area contributed by atoms with Crippen molar-refractivity contribution in [3.05, 3.63) is 52.1 Å². The minimum Gasteiger partial charge on any atom is -0.496 e. The first-order chi connectivity index (χ1) is 16.5. The third-order valence-electron chi connectivity index (χ3n) is 7.05. The Morgan fingerprint density at radius 1 is 1.00 bits per heavy atom. The van der Waals surface area contributed by atoms with Gasteiger partial charge in [0.15, 0.2) is 0 Å². The summed E-state index contributed by atoms with van der Waals surface area (Å²) in [5.41, 5.74) is 1.73. The van der Waals surface area contributed by atoms with E-state index in [0.717, 1.165) is 48.1 Å². The molecule has 0 N–H and O–H groups in total. The summed E-state index contributed by atoms with van der Waals surface area (Å²) in [6.07, 6.45) is 4.98. The fourth-order valence-corrected chi connectivity index (χ4v) is 6.00. The van der Waals surface area contributed by atoms with E-state index in [4.69, 9.17) is 9.72 Å². The number of ether oxygens (including phenoxy) is 1. The lowest BCUT2D eigenvalue weighted by atomic mass is 9.97. The molecule has 178 valence electrons. The third kappa shape index (κ3) is 4.39. The summed E-state index contributed by atoms with van der Waals surface area (Å²) in [6.45, 7) is 4.23. The molecule has 2 saturated heterocycles. The van der Waals surface area contributed by atoms with Crippen molar-refractivity contribution in [2.75, 3.05) is 26.7 Å². The number of aromatic nitrogens is 2. The number of carbonyl (C=O) groups excluding carboxylic acids is 2. The van der Waals surface area contributed by atoms with Crippen molar-refractivity contribution in [2.45, 2.75) is 51.0 Å². The standard InChI is InChI=1S/C26H30N4O3S/c1-17-7-5-6-12-30(17)26(32)22-16-34-24(28-22)18-10-13-29(14-11-18)25(31)21-15-23(33-2)19-8-3-4-9-20(19)27-21/h3-4,8-9,15-18H,5-7,10-14H2,1-2H3. The van der Waals surface area contributed by atoms with Crippen molar-refractivity contribution in [1.29, 1.82) is 0 Å². The number of fused-ring (bicyclic) bond motifs is 1. The zero-order chi connectivity index (χ0) is 23.7. The first-order valence-corrected chi connectivity index (χ1v) is 12.9. The number of methoxy groups -OCH3 is 1. The smallest absolute Gasteiger partial charge is 0.273 e. The largest absolute Gasteiger partial charge is 0.496 e. The van der Waals surface area contributed by atoms with Crippen LogP contribution in [0.5, 0.6) is 5.75 Å². The van der Waals surface area contributed by atoms with Gasteiger partial charge in [-0.05, 0) is 51.2 Å². The van der Waals surface area contributed by atoms with E-state index in [1.807, 2.05) is 39.4 Å². The highest BCUT2D eigenvalue weighted by molar-refractivity contribution is 7.09. The van der Waals surface area contributed by atoms with Crippen LogP contribution < -0.4 is 4.74 Å². The number of carbonyl (C=O) groups is 2. The second kappa shape index (κ2) is 9.70. The highest BCUT2D eigenvalue weighted by Gasteiger charge is 2.30. The number of thiazole rings is 1. The molecule has 2 fully saturated rings. The molecule has 2 amide bonds. The number of benzene rings is 1. The minimum absolute atomic E-state index is 0.0543. The van der Waals surface area contributed by atoms with E-state index in [1.165, 1.54) is 6.42 Å². The molecule has 34 heavy (non-hydrogen) atoms. The van der Waals surface area contributed by atoms with Gasteiger partial charge in [0.05, 0.1) is 17.6 Å². The molecular weight excluding hydrogens is 448 g/mol. The molecule has 2 aromatic heterocycles. The molecule has 5 rings (SSSR count). The monoisotopic (exact) mass is 478 g/mol. The van der Waals surface area contributed by atoms with Crippen molar-refractivity contribution >= 4 is 34.1 Å². The molecule has 1 aromatic carbocycles. The second-order valence-electron chi connectivity index (χ2n) is 9.21. The number of pyridine rings is 1.